The van der Waals surface area contributed by atoms with Crippen LogP contribution < -0.4 is 0 Å². The van der Waals surface area contributed by atoms with E-state index >= 15 is 0 Å². The summed E-state index contributed by atoms with van der Waals surface area (Å²) >= 11 is 1.74. The van der Waals surface area contributed by atoms with Crippen molar-refractivity contribution < 1.29 is 13.2 Å². The van der Waals surface area contributed by atoms with Crippen molar-refractivity contribution in [3.63, 3.8) is 0 Å². The van der Waals surface area contributed by atoms with E-state index in [9.17, 15) is 8.42 Å². The molecule has 0 amide bonds. The van der Waals surface area contributed by atoms with Crippen LogP contribution in [-0.4, -0.2) is 63.3 Å². The summed E-state index contributed by atoms with van der Waals surface area (Å²) in [4.78, 5) is 2.49. The zero-order chi connectivity index (χ0) is 16.5. The number of hydrogen-bond acceptors (Lipinski definition) is 5. The highest BCUT2D eigenvalue weighted by Gasteiger charge is 2.48. The minimum atomic E-state index is -3.16. The lowest BCUT2D eigenvalue weighted by Crippen LogP contribution is -2.42. The molecule has 0 aromatic carbocycles. The molecule has 0 radical (unpaired) electrons. The predicted octanol–water partition coefficient (Wildman–Crippen LogP) is 2.01. The summed E-state index contributed by atoms with van der Waals surface area (Å²) < 4.78 is 31.1. The third-order valence-electron chi connectivity index (χ3n) is 5.26. The Balaban J connectivity index is 1.63. The first-order valence-electron chi connectivity index (χ1n) is 8.11. The fraction of sp³-hybridized carbons (Fsp3) is 0.750. The molecule has 3 rings (SSSR count). The van der Waals surface area contributed by atoms with E-state index in [1.54, 1.807) is 22.8 Å². The molecule has 1 aromatic heterocycles. The minimum absolute atomic E-state index is 0.00146. The van der Waals surface area contributed by atoms with Crippen molar-refractivity contribution in [3.8, 4) is 0 Å². The van der Waals surface area contributed by atoms with Gasteiger partial charge in [-0.05, 0) is 60.2 Å². The predicted molar refractivity (Wildman–Crippen MR) is 93.1 cm³/mol. The van der Waals surface area contributed by atoms with Crippen molar-refractivity contribution in [2.24, 2.45) is 5.41 Å². The van der Waals surface area contributed by atoms with Crippen LogP contribution in [0.1, 0.15) is 24.8 Å². The van der Waals surface area contributed by atoms with Gasteiger partial charge in [-0.15, -0.1) is 0 Å². The number of ether oxygens (including phenoxy) is 1. The topological polar surface area (TPSA) is 49.9 Å². The first-order valence-corrected chi connectivity index (χ1v) is 10.9. The molecule has 1 unspecified atom stereocenters. The molecular formula is C16H26N2O3S2. The molecule has 1 spiro atoms. The molecular weight excluding hydrogens is 332 g/mol. The first-order chi connectivity index (χ1) is 10.9. The van der Waals surface area contributed by atoms with Gasteiger partial charge in [-0.2, -0.15) is 15.6 Å². The van der Waals surface area contributed by atoms with Crippen LogP contribution in [0.25, 0.3) is 0 Å². The highest BCUT2D eigenvalue weighted by molar-refractivity contribution is 7.88. The molecule has 2 aliphatic rings. The molecule has 23 heavy (non-hydrogen) atoms. The number of piperidine rings is 1. The van der Waals surface area contributed by atoms with E-state index in [1.165, 1.54) is 11.8 Å². The lowest BCUT2D eigenvalue weighted by Gasteiger charge is -2.39. The zero-order valence-corrected chi connectivity index (χ0v) is 15.5. The third-order valence-corrected chi connectivity index (χ3v) is 7.27. The summed E-state index contributed by atoms with van der Waals surface area (Å²) in [5, 5.41) is 4.33. The second-order valence-corrected chi connectivity index (χ2v) is 9.74. The van der Waals surface area contributed by atoms with E-state index < -0.39 is 10.0 Å². The zero-order valence-electron chi connectivity index (χ0n) is 13.9. The number of methoxy groups -OCH3 is 1. The van der Waals surface area contributed by atoms with Gasteiger partial charge in [-0.3, -0.25) is 4.90 Å². The van der Waals surface area contributed by atoms with Gasteiger partial charge in [-0.1, -0.05) is 0 Å². The Labute approximate surface area is 143 Å². The number of likely N-dealkylation sites (tertiary alicyclic amines) is 1. The first kappa shape index (κ1) is 17.4. The molecule has 2 saturated heterocycles. The molecule has 0 N–H and O–H groups in total. The van der Waals surface area contributed by atoms with Crippen molar-refractivity contribution in [2.75, 3.05) is 39.6 Å². The highest BCUT2D eigenvalue weighted by Crippen LogP contribution is 2.44. The van der Waals surface area contributed by atoms with E-state index in [4.69, 9.17) is 4.74 Å². The molecule has 0 bridgehead atoms. The maximum absolute atomic E-state index is 12.1. The maximum Gasteiger partial charge on any atom is 0.211 e. The normalized spacial score (nSPS) is 26.1. The lowest BCUT2D eigenvalue weighted by atomic mass is 9.76. The van der Waals surface area contributed by atoms with Crippen LogP contribution in [0.15, 0.2) is 16.8 Å². The standard InChI is InChI=1S/C16H26N2O3S2/c1-21-11-15-9-16(13-18(15)23(2,19)20)4-6-17(7-5-16)10-14-3-8-22-12-14/h3,8,12,15H,4-7,9-11,13H2,1-2H3. The van der Waals surface area contributed by atoms with Crippen LogP contribution in [0, 0.1) is 5.41 Å². The van der Waals surface area contributed by atoms with Crippen LogP contribution in [0.5, 0.6) is 0 Å². The number of sulfonamides is 1. The summed E-state index contributed by atoms with van der Waals surface area (Å²) in [6, 6.07) is 2.18. The molecule has 0 aliphatic carbocycles. The Morgan fingerprint density at radius 2 is 2.13 bits per heavy atom. The average molecular weight is 359 g/mol. The molecule has 7 heteroatoms. The second-order valence-electron chi connectivity index (χ2n) is 7.03. The van der Waals surface area contributed by atoms with E-state index in [-0.39, 0.29) is 11.5 Å². The third kappa shape index (κ3) is 3.96. The summed E-state index contributed by atoms with van der Waals surface area (Å²) in [5.74, 6) is 0. The van der Waals surface area contributed by atoms with Gasteiger partial charge in [0.1, 0.15) is 0 Å². The van der Waals surface area contributed by atoms with Crippen LogP contribution in [0.2, 0.25) is 0 Å². The molecule has 5 nitrogen and oxygen atoms in total. The van der Waals surface area contributed by atoms with Crippen molar-refractivity contribution in [1.82, 2.24) is 9.21 Å². The molecule has 130 valence electrons. The molecule has 1 aromatic rings. The smallest absolute Gasteiger partial charge is 0.211 e. The Morgan fingerprint density at radius 3 is 2.70 bits per heavy atom. The Kier molecular flexibility index (Phi) is 5.13. The van der Waals surface area contributed by atoms with E-state index in [0.29, 0.717) is 13.2 Å². The van der Waals surface area contributed by atoms with E-state index in [1.807, 2.05) is 0 Å². The van der Waals surface area contributed by atoms with Gasteiger partial charge >= 0.3 is 0 Å². The van der Waals surface area contributed by atoms with Gasteiger partial charge in [0.25, 0.3) is 0 Å². The second kappa shape index (κ2) is 6.80. The van der Waals surface area contributed by atoms with Crippen molar-refractivity contribution >= 4 is 21.4 Å². The van der Waals surface area contributed by atoms with Gasteiger partial charge < -0.3 is 4.74 Å². The Hall–Kier alpha value is -0.470. The van der Waals surface area contributed by atoms with Crippen molar-refractivity contribution in [3.05, 3.63) is 22.4 Å². The lowest BCUT2D eigenvalue weighted by molar-refractivity contribution is 0.105. The number of thiophene rings is 1. The molecule has 0 saturated carbocycles. The fourth-order valence-electron chi connectivity index (χ4n) is 4.04. The summed E-state index contributed by atoms with van der Waals surface area (Å²) in [7, 11) is -1.51. The fourth-order valence-corrected chi connectivity index (χ4v) is 5.88. The van der Waals surface area contributed by atoms with Crippen LogP contribution in [-0.2, 0) is 21.3 Å². The number of rotatable bonds is 5. The highest BCUT2D eigenvalue weighted by atomic mass is 32.2. The molecule has 2 aliphatic heterocycles. The average Bonchev–Trinajstić information content (AvgIpc) is 3.10. The quantitative estimate of drug-likeness (QED) is 0.808. The number of nitrogens with zero attached hydrogens (tertiary/aromatic N) is 2. The van der Waals surface area contributed by atoms with Gasteiger partial charge in [0.15, 0.2) is 0 Å². The SMILES string of the molecule is COCC1CC2(CCN(Cc3ccsc3)CC2)CN1S(C)(=O)=O. The van der Waals surface area contributed by atoms with Gasteiger partial charge in [-0.25, -0.2) is 8.42 Å². The maximum atomic E-state index is 12.1. The van der Waals surface area contributed by atoms with Crippen LogP contribution >= 0.6 is 11.3 Å². The van der Waals surface area contributed by atoms with Gasteiger partial charge in [0.2, 0.25) is 10.0 Å². The van der Waals surface area contributed by atoms with Crippen molar-refractivity contribution in [2.45, 2.75) is 31.8 Å². The van der Waals surface area contributed by atoms with Gasteiger partial charge in [0.05, 0.1) is 12.9 Å². The summed E-state index contributed by atoms with van der Waals surface area (Å²) in [6.07, 6.45) is 4.40. The van der Waals surface area contributed by atoms with Gasteiger partial charge in [0, 0.05) is 26.2 Å². The Morgan fingerprint density at radius 1 is 1.39 bits per heavy atom. The monoisotopic (exact) mass is 358 g/mol. The molecule has 3 heterocycles. The Bertz CT molecular complexity index is 607. The molecule has 2 fully saturated rings. The number of hydrogen-bond donors (Lipinski definition) is 0. The van der Waals surface area contributed by atoms with E-state index in [0.717, 1.165) is 38.9 Å². The summed E-state index contributed by atoms with van der Waals surface area (Å²) in [5.41, 5.74) is 1.52. The van der Waals surface area contributed by atoms with Crippen LogP contribution in [0.4, 0.5) is 0 Å². The summed E-state index contributed by atoms with van der Waals surface area (Å²) in [6.45, 7) is 4.26. The van der Waals surface area contributed by atoms with Crippen LogP contribution in [0.3, 0.4) is 0 Å². The largest absolute Gasteiger partial charge is 0.383 e. The minimum Gasteiger partial charge on any atom is -0.383 e. The van der Waals surface area contributed by atoms with Crippen molar-refractivity contribution in [1.29, 1.82) is 0 Å². The molecule has 1 atom stereocenters. The van der Waals surface area contributed by atoms with E-state index in [2.05, 4.69) is 21.7 Å².